The molecule has 3 N–H and O–H groups in total. The number of hydrogen-bond acceptors (Lipinski definition) is 4. The molecule has 0 aromatic rings. The highest BCUT2D eigenvalue weighted by Gasteiger charge is 2.04. The lowest BCUT2D eigenvalue weighted by Gasteiger charge is -2.01. The smallest absolute Gasteiger partial charge is 0.366 e. The summed E-state index contributed by atoms with van der Waals surface area (Å²) in [7, 11) is -4.36. The van der Waals surface area contributed by atoms with Gasteiger partial charge in [-0.15, -0.1) is 0 Å². The van der Waals surface area contributed by atoms with Gasteiger partial charge in [0.1, 0.15) is 0 Å². The highest BCUT2D eigenvalue weighted by atomic mass is 32.3. The Morgan fingerprint density at radius 1 is 1.43 bits per heavy atom. The van der Waals surface area contributed by atoms with Crippen LogP contribution in [0.1, 0.15) is 19.3 Å². The van der Waals surface area contributed by atoms with Crippen molar-refractivity contribution in [2.45, 2.75) is 19.3 Å². The van der Waals surface area contributed by atoms with Gasteiger partial charge < -0.3 is 5.73 Å². The van der Waals surface area contributed by atoms with Crippen LogP contribution >= 0.6 is 0 Å². The second kappa shape index (κ2) is 5.74. The molecular weight excluding hydrogens is 210 g/mol. The van der Waals surface area contributed by atoms with Crippen LogP contribution in [-0.4, -0.2) is 25.5 Å². The molecule has 82 valence electrons. The van der Waals surface area contributed by atoms with Crippen LogP contribution in [0.25, 0.3) is 0 Å². The number of carbonyl (C=O) groups excluding carboxylic acids is 1. The molecule has 0 aromatic heterocycles. The first kappa shape index (κ1) is 13.1. The lowest BCUT2D eigenvalue weighted by atomic mass is 10.1. The number of hydrogen-bond donors (Lipinski definition) is 2. The first-order valence-corrected chi connectivity index (χ1v) is 5.29. The van der Waals surface area contributed by atoms with E-state index in [0.717, 1.165) is 0 Å². The molecule has 0 unspecified atom stereocenters. The molecule has 14 heavy (non-hydrogen) atoms. The maximum absolute atomic E-state index is 10.5. The molecule has 0 aliphatic rings. The fourth-order valence-electron chi connectivity index (χ4n) is 0.728. The minimum Gasteiger partial charge on any atom is -0.366 e. The maximum Gasteiger partial charge on any atom is 0.397 e. The first-order valence-electron chi connectivity index (χ1n) is 3.92. The maximum atomic E-state index is 10.5. The third-order valence-corrected chi connectivity index (χ3v) is 1.92. The predicted molar refractivity (Wildman–Crippen MR) is 49.7 cm³/mol. The highest BCUT2D eigenvalue weighted by molar-refractivity contribution is 7.80. The Balaban J connectivity index is 3.49. The molecule has 1 amide bonds. The van der Waals surface area contributed by atoms with Crippen molar-refractivity contribution >= 4 is 16.3 Å². The van der Waals surface area contributed by atoms with Crippen molar-refractivity contribution in [3.63, 3.8) is 0 Å². The number of rotatable bonds is 7. The van der Waals surface area contributed by atoms with Crippen LogP contribution in [0.15, 0.2) is 12.2 Å². The Bertz CT molecular complexity index is 308. The highest BCUT2D eigenvalue weighted by Crippen LogP contribution is 2.04. The van der Waals surface area contributed by atoms with Gasteiger partial charge in [0.15, 0.2) is 0 Å². The Kier molecular flexibility index (Phi) is 5.36. The van der Waals surface area contributed by atoms with Gasteiger partial charge in [0.2, 0.25) is 5.91 Å². The molecule has 0 rings (SSSR count). The molecule has 7 heteroatoms. The van der Waals surface area contributed by atoms with Gasteiger partial charge in [-0.05, 0) is 19.3 Å². The summed E-state index contributed by atoms with van der Waals surface area (Å²) in [5.74, 6) is -0.569. The molecule has 0 saturated carbocycles. The number of primary amides is 1. The molecule has 0 atom stereocenters. The minimum absolute atomic E-state index is 0.120. The van der Waals surface area contributed by atoms with Crippen molar-refractivity contribution in [3.05, 3.63) is 12.2 Å². The monoisotopic (exact) mass is 223 g/mol. The van der Waals surface area contributed by atoms with Crippen molar-refractivity contribution in [1.29, 1.82) is 0 Å². The first-order chi connectivity index (χ1) is 6.33. The van der Waals surface area contributed by atoms with Gasteiger partial charge in [-0.25, -0.2) is 4.18 Å². The van der Waals surface area contributed by atoms with E-state index in [0.29, 0.717) is 19.3 Å². The Labute approximate surface area is 82.7 Å². The Morgan fingerprint density at radius 2 is 2.00 bits per heavy atom. The van der Waals surface area contributed by atoms with Crippen LogP contribution in [0.5, 0.6) is 0 Å². The lowest BCUT2D eigenvalue weighted by molar-refractivity contribution is -0.114. The molecule has 0 aromatic carbocycles. The van der Waals surface area contributed by atoms with E-state index in [1.165, 1.54) is 0 Å². The quantitative estimate of drug-likeness (QED) is 0.359. The van der Waals surface area contributed by atoms with E-state index in [2.05, 4.69) is 10.8 Å². The van der Waals surface area contributed by atoms with Crippen LogP contribution in [-0.2, 0) is 19.4 Å². The van der Waals surface area contributed by atoms with Crippen LogP contribution in [0.4, 0.5) is 0 Å². The number of unbranched alkanes of at least 4 members (excludes halogenated alkanes) is 1. The van der Waals surface area contributed by atoms with E-state index < -0.39 is 16.3 Å². The summed E-state index contributed by atoms with van der Waals surface area (Å²) in [4.78, 5) is 10.5. The standard InChI is InChI=1S/C7H13NO5S/c1-6(7(8)9)4-2-3-5-13-14(10,11)12/h1-5H2,(H2,8,9)(H,10,11,12). The van der Waals surface area contributed by atoms with Crippen LogP contribution in [0, 0.1) is 0 Å². The van der Waals surface area contributed by atoms with Gasteiger partial charge >= 0.3 is 10.4 Å². The van der Waals surface area contributed by atoms with Crippen LogP contribution in [0.3, 0.4) is 0 Å². The summed E-state index contributed by atoms with van der Waals surface area (Å²) in [6.45, 7) is 3.30. The fourth-order valence-corrected chi connectivity index (χ4v) is 1.06. The van der Waals surface area contributed by atoms with E-state index >= 15 is 0 Å². The van der Waals surface area contributed by atoms with E-state index in [9.17, 15) is 13.2 Å². The molecule has 0 saturated heterocycles. The van der Waals surface area contributed by atoms with E-state index in [-0.39, 0.29) is 12.2 Å². The van der Waals surface area contributed by atoms with E-state index in [4.69, 9.17) is 10.3 Å². The van der Waals surface area contributed by atoms with Gasteiger partial charge in [-0.3, -0.25) is 9.35 Å². The van der Waals surface area contributed by atoms with E-state index in [1.807, 2.05) is 0 Å². The van der Waals surface area contributed by atoms with Gasteiger partial charge in [-0.1, -0.05) is 6.58 Å². The Hall–Kier alpha value is -0.920. The summed E-state index contributed by atoms with van der Waals surface area (Å²) >= 11 is 0. The zero-order valence-electron chi connectivity index (χ0n) is 7.60. The van der Waals surface area contributed by atoms with Crippen molar-refractivity contribution < 1.29 is 21.9 Å². The summed E-state index contributed by atoms with van der Waals surface area (Å²) in [5, 5.41) is 0. The lowest BCUT2D eigenvalue weighted by Crippen LogP contribution is -2.13. The van der Waals surface area contributed by atoms with Gasteiger partial charge in [0.25, 0.3) is 0 Å². The molecule has 0 heterocycles. The number of nitrogens with two attached hydrogens (primary N) is 1. The van der Waals surface area contributed by atoms with Gasteiger partial charge in [0.05, 0.1) is 6.61 Å². The van der Waals surface area contributed by atoms with Crippen molar-refractivity contribution in [3.8, 4) is 0 Å². The van der Waals surface area contributed by atoms with E-state index in [1.54, 1.807) is 0 Å². The summed E-state index contributed by atoms with van der Waals surface area (Å²) in [6, 6.07) is 0. The van der Waals surface area contributed by atoms with Crippen molar-refractivity contribution in [2.24, 2.45) is 5.73 Å². The second-order valence-electron chi connectivity index (χ2n) is 2.67. The molecule has 0 radical (unpaired) electrons. The minimum atomic E-state index is -4.36. The molecule has 0 spiro atoms. The fraction of sp³-hybridized carbons (Fsp3) is 0.571. The molecular formula is C7H13NO5S. The average molecular weight is 223 g/mol. The molecule has 0 bridgehead atoms. The zero-order valence-corrected chi connectivity index (χ0v) is 8.42. The third-order valence-electron chi connectivity index (χ3n) is 1.45. The molecule has 0 fully saturated rings. The third kappa shape index (κ3) is 7.71. The normalized spacial score (nSPS) is 11.2. The largest absolute Gasteiger partial charge is 0.397 e. The van der Waals surface area contributed by atoms with Gasteiger partial charge in [-0.2, -0.15) is 8.42 Å². The molecule has 0 aliphatic heterocycles. The van der Waals surface area contributed by atoms with Crippen LogP contribution < -0.4 is 5.73 Å². The summed E-state index contributed by atoms with van der Waals surface area (Å²) in [5.41, 5.74) is 5.20. The van der Waals surface area contributed by atoms with Crippen molar-refractivity contribution in [2.75, 3.05) is 6.61 Å². The molecule has 0 aliphatic carbocycles. The average Bonchev–Trinajstić information content (AvgIpc) is 2.01. The second-order valence-corrected chi connectivity index (χ2v) is 3.77. The summed E-state index contributed by atoms with van der Waals surface area (Å²) < 4.78 is 32.4. The topological polar surface area (TPSA) is 107 Å². The SMILES string of the molecule is C=C(CCCCOS(=O)(=O)O)C(N)=O. The van der Waals surface area contributed by atoms with Crippen molar-refractivity contribution in [1.82, 2.24) is 0 Å². The summed E-state index contributed by atoms with van der Waals surface area (Å²) in [6.07, 6.45) is 1.31. The predicted octanol–water partition coefficient (Wildman–Crippen LogP) is 0.0176. The number of amides is 1. The Morgan fingerprint density at radius 3 is 2.43 bits per heavy atom. The zero-order chi connectivity index (χ0) is 11.2. The molecule has 6 nitrogen and oxygen atoms in total. The van der Waals surface area contributed by atoms with Gasteiger partial charge in [0, 0.05) is 5.57 Å². The van der Waals surface area contributed by atoms with Crippen LogP contribution in [0.2, 0.25) is 0 Å². The number of carbonyl (C=O) groups is 1.